The lowest BCUT2D eigenvalue weighted by molar-refractivity contribution is -0.113. The first kappa shape index (κ1) is 21.6. The molecule has 152 valence electrons. The number of rotatable bonds is 6. The van der Waals surface area contributed by atoms with Crippen molar-refractivity contribution < 1.29 is 13.2 Å². The Labute approximate surface area is 182 Å². The van der Waals surface area contributed by atoms with Crippen molar-refractivity contribution in [3.63, 3.8) is 0 Å². The molecular formula is C18H16Cl2N4O3S2. The summed E-state index contributed by atoms with van der Waals surface area (Å²) in [5, 5.41) is 11.9. The van der Waals surface area contributed by atoms with Crippen LogP contribution in [0.25, 0.3) is 5.69 Å². The number of halogens is 2. The van der Waals surface area contributed by atoms with Gasteiger partial charge < -0.3 is 5.32 Å². The molecule has 0 aliphatic carbocycles. The number of nitrogens with one attached hydrogen (secondary N) is 1. The van der Waals surface area contributed by atoms with Crippen LogP contribution in [0.5, 0.6) is 0 Å². The van der Waals surface area contributed by atoms with Crippen LogP contribution < -0.4 is 5.32 Å². The molecule has 0 saturated heterocycles. The molecule has 0 spiro atoms. The van der Waals surface area contributed by atoms with Crippen LogP contribution in [-0.4, -0.2) is 41.1 Å². The highest BCUT2D eigenvalue weighted by Gasteiger charge is 2.14. The van der Waals surface area contributed by atoms with Crippen molar-refractivity contribution in [2.45, 2.75) is 17.0 Å². The molecule has 0 saturated carbocycles. The molecule has 29 heavy (non-hydrogen) atoms. The highest BCUT2D eigenvalue weighted by molar-refractivity contribution is 7.99. The van der Waals surface area contributed by atoms with Crippen LogP contribution in [0.2, 0.25) is 10.0 Å². The van der Waals surface area contributed by atoms with Crippen molar-refractivity contribution in [3.05, 3.63) is 58.3 Å². The lowest BCUT2D eigenvalue weighted by atomic mass is 10.2. The van der Waals surface area contributed by atoms with Crippen molar-refractivity contribution in [1.82, 2.24) is 14.8 Å². The molecule has 0 aliphatic heterocycles. The van der Waals surface area contributed by atoms with Crippen LogP contribution in [0, 0.1) is 6.92 Å². The van der Waals surface area contributed by atoms with Gasteiger partial charge in [-0.3, -0.25) is 9.36 Å². The molecule has 1 aromatic heterocycles. The number of nitrogens with zero attached hydrogens (tertiary/aromatic N) is 3. The number of amides is 1. The number of carbonyl (C=O) groups excluding carboxylic acids is 1. The summed E-state index contributed by atoms with van der Waals surface area (Å²) < 4.78 is 25.1. The molecule has 11 heteroatoms. The SMILES string of the molecule is Cc1ccc(-n2cnnc2SCC(=O)Nc2cc(S(C)(=O)=O)ccc2Cl)cc1Cl. The fraction of sp³-hybridized carbons (Fsp3) is 0.167. The van der Waals surface area contributed by atoms with Crippen molar-refractivity contribution in [1.29, 1.82) is 0 Å². The lowest BCUT2D eigenvalue weighted by Gasteiger charge is -2.10. The smallest absolute Gasteiger partial charge is 0.234 e. The van der Waals surface area contributed by atoms with Crippen molar-refractivity contribution in [3.8, 4) is 5.69 Å². The largest absolute Gasteiger partial charge is 0.324 e. The van der Waals surface area contributed by atoms with Crippen molar-refractivity contribution in [2.24, 2.45) is 0 Å². The highest BCUT2D eigenvalue weighted by atomic mass is 35.5. The molecule has 0 unspecified atom stereocenters. The van der Waals surface area contributed by atoms with Gasteiger partial charge in [0.2, 0.25) is 5.91 Å². The molecule has 7 nitrogen and oxygen atoms in total. The number of carbonyl (C=O) groups is 1. The summed E-state index contributed by atoms with van der Waals surface area (Å²) in [6.07, 6.45) is 2.62. The summed E-state index contributed by atoms with van der Waals surface area (Å²) in [6, 6.07) is 9.70. The zero-order chi connectivity index (χ0) is 21.2. The maximum absolute atomic E-state index is 12.3. The second kappa shape index (κ2) is 8.74. The molecule has 0 bridgehead atoms. The van der Waals surface area contributed by atoms with E-state index >= 15 is 0 Å². The number of sulfone groups is 1. The Morgan fingerprint density at radius 2 is 1.93 bits per heavy atom. The Morgan fingerprint density at radius 3 is 2.62 bits per heavy atom. The van der Waals surface area contributed by atoms with Gasteiger partial charge in [0.15, 0.2) is 15.0 Å². The Bertz CT molecular complexity index is 1180. The van der Waals surface area contributed by atoms with E-state index in [0.29, 0.717) is 10.2 Å². The number of benzene rings is 2. The third-order valence-electron chi connectivity index (χ3n) is 3.92. The predicted octanol–water partition coefficient (Wildman–Crippen LogP) is 4.02. The number of hydrogen-bond donors (Lipinski definition) is 1. The van der Waals surface area contributed by atoms with Gasteiger partial charge in [0.05, 0.1) is 27.0 Å². The standard InChI is InChI=1S/C18H16Cl2N4O3S2/c1-11-3-4-12(7-15(11)20)24-10-21-23-18(24)28-9-17(25)22-16-8-13(29(2,26)27)5-6-14(16)19/h3-8,10H,9H2,1-2H3,(H,22,25). The molecule has 3 aromatic rings. The highest BCUT2D eigenvalue weighted by Crippen LogP contribution is 2.27. The summed E-state index contributed by atoms with van der Waals surface area (Å²) in [5.74, 6) is -0.336. The van der Waals surface area contributed by atoms with E-state index in [0.717, 1.165) is 17.5 Å². The third-order valence-corrected chi connectivity index (χ3v) is 6.71. The fourth-order valence-electron chi connectivity index (χ4n) is 2.38. The van der Waals surface area contributed by atoms with E-state index in [2.05, 4.69) is 15.5 Å². The van der Waals surface area contributed by atoms with Crippen LogP contribution in [0.4, 0.5) is 5.69 Å². The Morgan fingerprint density at radius 1 is 1.17 bits per heavy atom. The molecule has 0 fully saturated rings. The number of aryl methyl sites for hydroxylation is 1. The summed E-state index contributed by atoms with van der Waals surface area (Å²) in [4.78, 5) is 12.4. The van der Waals surface area contributed by atoms with Crippen LogP contribution in [0.15, 0.2) is 52.8 Å². The van der Waals surface area contributed by atoms with E-state index in [4.69, 9.17) is 23.2 Å². The quantitative estimate of drug-likeness (QED) is 0.546. The Kier molecular flexibility index (Phi) is 6.52. The predicted molar refractivity (Wildman–Crippen MR) is 115 cm³/mol. The molecule has 1 N–H and O–H groups in total. The van der Waals surface area contributed by atoms with Gasteiger partial charge in [-0.2, -0.15) is 0 Å². The second-order valence-corrected chi connectivity index (χ2v) is 9.94. The zero-order valence-corrected chi connectivity index (χ0v) is 18.5. The molecule has 3 rings (SSSR count). The normalized spacial score (nSPS) is 11.4. The number of thioether (sulfide) groups is 1. The molecular weight excluding hydrogens is 455 g/mol. The minimum Gasteiger partial charge on any atom is -0.324 e. The van der Waals surface area contributed by atoms with Gasteiger partial charge in [0.1, 0.15) is 6.33 Å². The Balaban J connectivity index is 1.71. The average molecular weight is 471 g/mol. The number of aromatic nitrogens is 3. The molecule has 1 heterocycles. The first-order valence-electron chi connectivity index (χ1n) is 8.24. The van der Waals surface area contributed by atoms with E-state index < -0.39 is 9.84 Å². The summed E-state index contributed by atoms with van der Waals surface area (Å²) >= 11 is 13.4. The third kappa shape index (κ3) is 5.30. The number of anilines is 1. The van der Waals surface area contributed by atoms with Gasteiger partial charge in [0, 0.05) is 11.3 Å². The minimum atomic E-state index is -3.42. The van der Waals surface area contributed by atoms with E-state index in [1.165, 1.54) is 36.3 Å². The van der Waals surface area contributed by atoms with Gasteiger partial charge >= 0.3 is 0 Å². The van der Waals surface area contributed by atoms with Gasteiger partial charge in [0.25, 0.3) is 0 Å². The van der Waals surface area contributed by atoms with Crippen molar-refractivity contribution in [2.75, 3.05) is 17.3 Å². The Hall–Kier alpha value is -2.07. The van der Waals surface area contributed by atoms with Crippen molar-refractivity contribution >= 4 is 56.4 Å². The molecule has 2 aromatic carbocycles. The minimum absolute atomic E-state index is 0.0255. The summed E-state index contributed by atoms with van der Waals surface area (Å²) in [6.45, 7) is 1.90. The zero-order valence-electron chi connectivity index (χ0n) is 15.4. The van der Waals surface area contributed by atoms with Crippen LogP contribution in [0.3, 0.4) is 0 Å². The average Bonchev–Trinajstić information content (AvgIpc) is 3.12. The number of hydrogen-bond acceptors (Lipinski definition) is 6. The van der Waals surface area contributed by atoms with E-state index in [1.807, 2.05) is 19.1 Å². The van der Waals surface area contributed by atoms with Gasteiger partial charge in [-0.1, -0.05) is 41.0 Å². The monoisotopic (exact) mass is 470 g/mol. The fourth-order valence-corrected chi connectivity index (χ4v) is 4.09. The maximum Gasteiger partial charge on any atom is 0.234 e. The topological polar surface area (TPSA) is 93.9 Å². The first-order chi connectivity index (χ1) is 13.6. The van der Waals surface area contributed by atoms with E-state index in [9.17, 15) is 13.2 Å². The molecule has 0 aliphatic rings. The molecule has 0 radical (unpaired) electrons. The van der Waals surface area contributed by atoms with Gasteiger partial charge in [-0.15, -0.1) is 10.2 Å². The summed E-state index contributed by atoms with van der Waals surface area (Å²) in [5.41, 5.74) is 1.95. The maximum atomic E-state index is 12.3. The van der Waals surface area contributed by atoms with E-state index in [-0.39, 0.29) is 27.3 Å². The first-order valence-corrected chi connectivity index (χ1v) is 11.9. The van der Waals surface area contributed by atoms with Gasteiger partial charge in [-0.25, -0.2) is 8.42 Å². The molecule has 1 amide bonds. The van der Waals surface area contributed by atoms with E-state index in [1.54, 1.807) is 10.6 Å². The molecule has 0 atom stereocenters. The summed E-state index contributed by atoms with van der Waals surface area (Å²) in [7, 11) is -3.42. The lowest BCUT2D eigenvalue weighted by Crippen LogP contribution is -2.15. The second-order valence-electron chi connectivity index (χ2n) is 6.17. The van der Waals surface area contributed by atoms with Crippen LogP contribution in [-0.2, 0) is 14.6 Å². The van der Waals surface area contributed by atoms with Crippen LogP contribution >= 0.6 is 35.0 Å². The van der Waals surface area contributed by atoms with Gasteiger partial charge in [-0.05, 0) is 42.8 Å². The van der Waals surface area contributed by atoms with Crippen LogP contribution in [0.1, 0.15) is 5.56 Å².